The van der Waals surface area contributed by atoms with Crippen molar-refractivity contribution in [2.75, 3.05) is 234 Å². The summed E-state index contributed by atoms with van der Waals surface area (Å²) in [5.41, 5.74) is 9.08. The number of fused-ring (bicyclic) bond motifs is 12. The van der Waals surface area contributed by atoms with Gasteiger partial charge in [0.15, 0.2) is 34.5 Å². The first-order valence-electron chi connectivity index (χ1n) is 45.9. The Morgan fingerprint density at radius 1 is 0.336 bits per heavy atom. The van der Waals surface area contributed by atoms with E-state index in [1.807, 2.05) is 36.4 Å². The largest absolute Gasteiger partial charge is 0.506 e. The molecule has 0 bridgehead atoms. The molecule has 18 rings (SSSR count). The molecule has 6 aromatic heterocycles. The Balaban J connectivity index is 0.000000273. The van der Waals surface area contributed by atoms with Crippen LogP contribution in [-0.2, 0) is 50.3 Å². The van der Waals surface area contributed by atoms with Crippen molar-refractivity contribution in [2.24, 2.45) is 0 Å². The molecule has 143 heavy (non-hydrogen) atoms. The van der Waals surface area contributed by atoms with E-state index in [9.17, 15) is 29.7 Å². The number of phenolic OH excluding ortho intramolecular Hbond substituents is 3. The first kappa shape index (κ1) is 121. The number of phenols is 3. The minimum Gasteiger partial charge on any atom is -0.506 e. The number of rotatable bonds is 15. The number of pyridine rings is 3. The molecule has 0 spiro atoms. The Kier molecular flexibility index (Phi) is 52.5. The molecule has 6 aromatic carbocycles. The maximum absolute atomic E-state index is 13.6. The summed E-state index contributed by atoms with van der Waals surface area (Å²) >= 11 is 18.9. The van der Waals surface area contributed by atoms with Gasteiger partial charge in [0.1, 0.15) is 50.9 Å². The molecule has 0 saturated carbocycles. The van der Waals surface area contributed by atoms with Crippen molar-refractivity contribution in [1.29, 1.82) is 0 Å². The molecule has 12 aromatic rings. The van der Waals surface area contributed by atoms with Crippen LogP contribution in [0.1, 0.15) is 104 Å². The number of amides is 3. The Labute approximate surface area is 877 Å². The Morgan fingerprint density at radius 2 is 0.552 bits per heavy atom. The van der Waals surface area contributed by atoms with Crippen molar-refractivity contribution in [3.8, 4) is 69.0 Å². The third-order valence-electron chi connectivity index (χ3n) is 24.2. The van der Waals surface area contributed by atoms with Gasteiger partial charge in [-0.05, 0) is 111 Å². The number of methoxy groups -OCH3 is 9. The maximum atomic E-state index is 13.6. The van der Waals surface area contributed by atoms with Crippen LogP contribution in [0.15, 0.2) is 110 Å². The van der Waals surface area contributed by atoms with E-state index in [0.717, 1.165) is 167 Å². The molecule has 6 aliphatic rings. The van der Waals surface area contributed by atoms with E-state index in [1.165, 1.54) is 81.2 Å². The third-order valence-corrected chi connectivity index (χ3v) is 25.4. The van der Waals surface area contributed by atoms with Gasteiger partial charge in [-0.3, -0.25) is 29.3 Å². The van der Waals surface area contributed by atoms with Crippen molar-refractivity contribution >= 4 is 135 Å². The number of hydrogen-bond donors (Lipinski definition) is 15. The molecule has 21 N–H and O–H groups in total. The number of halogens is 3. The second-order valence-electron chi connectivity index (χ2n) is 32.7. The quantitative estimate of drug-likeness (QED) is 0.0335. The van der Waals surface area contributed by atoms with E-state index >= 15 is 0 Å². The first-order chi connectivity index (χ1) is 67.0. The van der Waals surface area contributed by atoms with Gasteiger partial charge < -0.3 is 171 Å². The Hall–Kier alpha value is -10.3. The molecule has 44 heteroatoms. The summed E-state index contributed by atoms with van der Waals surface area (Å²) in [7, 11) is 13.8. The number of aromatic amines is 3. The van der Waals surface area contributed by atoms with E-state index in [-0.39, 0.29) is 119 Å². The molecule has 3 radical (unpaired) electrons. The van der Waals surface area contributed by atoms with Gasteiger partial charge in [-0.2, -0.15) is 38.5 Å². The van der Waals surface area contributed by atoms with Crippen LogP contribution in [0.5, 0.6) is 69.0 Å². The second kappa shape index (κ2) is 61.9. The Bertz CT molecular complexity index is 5330. The number of H-pyrrole nitrogens is 3. The van der Waals surface area contributed by atoms with E-state index in [4.69, 9.17) is 87.4 Å². The molecular formula is C99H132Cl3Co3N18O20-3. The van der Waals surface area contributed by atoms with Crippen molar-refractivity contribution in [1.82, 2.24) is 77.8 Å². The normalized spacial score (nSPS) is 16.6. The zero-order valence-electron chi connectivity index (χ0n) is 81.4. The third kappa shape index (κ3) is 29.4. The van der Waals surface area contributed by atoms with Crippen LogP contribution in [0.3, 0.4) is 0 Å². The summed E-state index contributed by atoms with van der Waals surface area (Å²) in [6, 6.07) is 26.5. The molecule has 6 aliphatic heterocycles. The van der Waals surface area contributed by atoms with E-state index in [1.54, 1.807) is 109 Å². The average Bonchev–Trinajstić information content (AvgIpc) is 1.60. The van der Waals surface area contributed by atoms with Crippen molar-refractivity contribution in [3.05, 3.63) is 173 Å². The summed E-state index contributed by atoms with van der Waals surface area (Å²) in [6.07, 6.45) is 19.1. The fourth-order valence-electron chi connectivity index (χ4n) is 17.7. The zero-order chi connectivity index (χ0) is 97.3. The van der Waals surface area contributed by atoms with Crippen LogP contribution < -0.4 is 105 Å². The van der Waals surface area contributed by atoms with E-state index < -0.39 is 0 Å². The maximum Gasteiger partial charge on any atom is 0.274 e. The number of carbonyl (C=O) groups excluding carboxylic acids is 3. The summed E-state index contributed by atoms with van der Waals surface area (Å²) in [6.45, 7) is 21.0. The molecule has 3 saturated heterocycles. The number of hydrogen-bond acceptors (Lipinski definition) is 29. The van der Waals surface area contributed by atoms with Gasteiger partial charge in [-0.15, -0.1) is 34.8 Å². The van der Waals surface area contributed by atoms with Crippen molar-refractivity contribution < 1.29 is 139 Å². The molecule has 0 aliphatic carbocycles. The molecule has 12 heterocycles. The smallest absolute Gasteiger partial charge is 0.274 e. The number of benzene rings is 6. The predicted molar refractivity (Wildman–Crippen MR) is 554 cm³/mol. The number of nitrogens with one attached hydrogen (secondary N) is 12. The number of aromatic nitrogens is 6. The molecule has 789 valence electrons. The first-order valence-corrected chi connectivity index (χ1v) is 47.5. The summed E-state index contributed by atoms with van der Waals surface area (Å²) in [5.74, 6) is 4.19. The van der Waals surface area contributed by atoms with Gasteiger partial charge in [0.25, 0.3) is 17.7 Å². The van der Waals surface area contributed by atoms with Crippen molar-refractivity contribution in [3.63, 3.8) is 0 Å². The number of anilines is 3. The van der Waals surface area contributed by atoms with E-state index in [0.29, 0.717) is 156 Å². The fourth-order valence-corrected chi connectivity index (χ4v) is 18.5. The van der Waals surface area contributed by atoms with Crippen LogP contribution in [0.4, 0.5) is 17.1 Å². The summed E-state index contributed by atoms with van der Waals surface area (Å²) in [5, 5.41) is 66.8. The number of alkyl halides is 3. The summed E-state index contributed by atoms with van der Waals surface area (Å²) in [4.78, 5) is 82.3. The van der Waals surface area contributed by atoms with Gasteiger partial charge in [-0.1, -0.05) is 18.2 Å². The van der Waals surface area contributed by atoms with Crippen molar-refractivity contribution in [2.45, 2.75) is 56.3 Å². The fraction of sp³-hybridized carbons (Fsp3) is 0.424. The SMILES string of the molecule is COc1cc2cc(C(=O)N3CC(CCl)c4c3cc(O)c3ncccc43)[nH]c2c(OC)c1OC.COc1cc2cc(C(=O)N3CC(CCl)c4c3cc(O)c3ncccc43)[nH]c2c(OC)c1OC.COc1cc2cc(C(=O)N3CC(CCl)c4c3cc(O)c3ncccc43)[nH]c2c(OC)c1OC.O.O.O.O=O.[CH-]1CCNCCNCCNCC1.[CH-]1CCNCCNCCNCC1.[CH-]1CCNCCNCCNCC1.[Co].[Co].[Co]. The number of carbonyl (C=O) groups is 3. The predicted octanol–water partition coefficient (Wildman–Crippen LogP) is 10.1. The molecule has 3 atom stereocenters. The summed E-state index contributed by atoms with van der Waals surface area (Å²) < 4.78 is 49.3. The average molecular weight is 2180 g/mol. The molecule has 3 unspecified atom stereocenters. The number of ether oxygens (including phenoxy) is 9. The number of nitrogens with zero attached hydrogens (tertiary/aromatic N) is 6. The zero-order valence-corrected chi connectivity index (χ0v) is 86.8. The van der Waals surface area contributed by atoms with Crippen LogP contribution in [0.2, 0.25) is 0 Å². The standard InChI is InChI=1S/3C24H22ClN3O5.3C9H20N3.3Co.O2.3H2O/c3*1-31-18-8-12-7-15(27-20(12)23(33-3)22(18)32-2)24(30)28-11-13(10-25)19-14-5-4-6-26-21(14)17(29)9-16(19)28;3*1-2-4-10-6-8-12-9-7-11-5-3-1;;;;1-2;;;/h3*4-9,13,27,29H,10-11H2,1-3H3;3*1,10-12H,2-9H2;;;;;3*1H2/q;;;3*-1;;;;;;;. The molecule has 38 nitrogen and oxygen atoms in total. The molecule has 3 fully saturated rings. The molecule has 3 amide bonds. The number of aromatic hydroxyl groups is 3. The van der Waals surface area contributed by atoms with Gasteiger partial charge in [0, 0.05) is 263 Å². The monoisotopic (exact) mass is 2170 g/mol. The molecular weight excluding hydrogens is 2040 g/mol. The minimum atomic E-state index is -0.248. The van der Waals surface area contributed by atoms with E-state index in [2.05, 4.69) is 97.0 Å². The van der Waals surface area contributed by atoms with Gasteiger partial charge in [-0.25, -0.2) is 0 Å². The van der Waals surface area contributed by atoms with Crippen LogP contribution >= 0.6 is 34.8 Å². The van der Waals surface area contributed by atoms with Crippen LogP contribution in [0.25, 0.3) is 65.4 Å². The van der Waals surface area contributed by atoms with Crippen LogP contribution in [0, 0.1) is 29.2 Å². The van der Waals surface area contributed by atoms with Gasteiger partial charge in [0.05, 0.1) is 97.6 Å². The Morgan fingerprint density at radius 3 is 0.755 bits per heavy atom. The van der Waals surface area contributed by atoms with Gasteiger partial charge in [0.2, 0.25) is 17.2 Å². The topological polar surface area (TPSA) is 528 Å². The van der Waals surface area contributed by atoms with Crippen LogP contribution in [-0.4, -0.2) is 298 Å². The van der Waals surface area contributed by atoms with Gasteiger partial charge >= 0.3 is 0 Å². The minimum absolute atomic E-state index is 0. The second-order valence-corrected chi connectivity index (χ2v) is 33.6.